The van der Waals surface area contributed by atoms with Crippen LogP contribution in [0.4, 0.5) is 27.4 Å². The number of nitrogens with one attached hydrogen (secondary N) is 3. The van der Waals surface area contributed by atoms with Crippen molar-refractivity contribution in [1.82, 2.24) is 30.0 Å². The minimum atomic E-state index is -0.627. The van der Waals surface area contributed by atoms with Crippen molar-refractivity contribution in [1.29, 1.82) is 0 Å². The van der Waals surface area contributed by atoms with Crippen molar-refractivity contribution in [3.63, 3.8) is 0 Å². The molecule has 1 saturated heterocycles. The van der Waals surface area contributed by atoms with Crippen molar-refractivity contribution in [2.24, 2.45) is 5.73 Å². The fourth-order valence-electron chi connectivity index (χ4n) is 5.82. The van der Waals surface area contributed by atoms with Gasteiger partial charge in [0.25, 0.3) is 0 Å². The Morgan fingerprint density at radius 3 is 2.63 bits per heavy atom. The van der Waals surface area contributed by atoms with Crippen LogP contribution in [0, 0.1) is 5.82 Å². The van der Waals surface area contributed by atoms with Crippen LogP contribution in [-0.4, -0.2) is 50.9 Å². The average Bonchev–Trinajstić information content (AvgIpc) is 3.65. The van der Waals surface area contributed by atoms with Gasteiger partial charge >= 0.3 is 0 Å². The molecule has 7 rings (SSSR count). The van der Waals surface area contributed by atoms with Crippen LogP contribution < -0.4 is 32.2 Å². The zero-order valence-electron chi connectivity index (χ0n) is 28.3. The predicted molar refractivity (Wildman–Crippen MR) is 211 cm³/mol. The monoisotopic (exact) mass is 806 g/mol. The minimum Gasteiger partial charge on any atom is -0.482 e. The van der Waals surface area contributed by atoms with Crippen molar-refractivity contribution in [3.05, 3.63) is 111 Å². The molecular weight excluding hydrogens is 770 g/mol. The minimum absolute atomic E-state index is 0.0686. The van der Waals surface area contributed by atoms with Gasteiger partial charge < -0.3 is 32.2 Å². The van der Waals surface area contributed by atoms with E-state index in [0.717, 1.165) is 76.2 Å². The number of ether oxygens (including phenoxy) is 1. The molecule has 0 bridgehead atoms. The second-order valence-electron chi connectivity index (χ2n) is 12.1. The van der Waals surface area contributed by atoms with Crippen molar-refractivity contribution in [2.75, 3.05) is 42.5 Å². The van der Waals surface area contributed by atoms with E-state index in [2.05, 4.69) is 51.9 Å². The van der Waals surface area contributed by atoms with Crippen LogP contribution in [0.1, 0.15) is 37.5 Å². The molecule has 0 radical (unpaired) electrons. The van der Waals surface area contributed by atoms with Gasteiger partial charge in [0.1, 0.15) is 24.1 Å². The quantitative estimate of drug-likeness (QED) is 0.0852. The summed E-state index contributed by atoms with van der Waals surface area (Å²) in [4.78, 5) is 12.9. The van der Waals surface area contributed by atoms with Gasteiger partial charge in [0, 0.05) is 68.4 Å². The first-order valence-corrected chi connectivity index (χ1v) is 18.3. The van der Waals surface area contributed by atoms with E-state index in [0.29, 0.717) is 28.9 Å². The molecular formula is C37H38BrCl2FN10O. The number of hydrogen-bond acceptors (Lipinski definition) is 10. The largest absolute Gasteiger partial charge is 0.482 e. The van der Waals surface area contributed by atoms with Crippen LogP contribution in [0.3, 0.4) is 0 Å². The Hall–Kier alpha value is -4.53. The fraction of sp³-hybridized carbons (Fsp3) is 0.243. The molecule has 0 aliphatic carbocycles. The van der Waals surface area contributed by atoms with Crippen molar-refractivity contribution in [3.8, 4) is 16.9 Å². The molecule has 0 amide bonds. The number of nitrogens with zero attached hydrogens (tertiary/aromatic N) is 5. The van der Waals surface area contributed by atoms with Gasteiger partial charge in [-0.05, 0) is 87.5 Å². The Morgan fingerprint density at radius 2 is 1.85 bits per heavy atom. The molecule has 0 unspecified atom stereocenters. The molecule has 3 aromatic heterocycles. The first kappa shape index (κ1) is 37.2. The number of nitrogens with two attached hydrogens (primary N) is 2. The van der Waals surface area contributed by atoms with Crippen LogP contribution >= 0.6 is 39.1 Å². The number of nitrogen functional groups attached to an aromatic ring is 1. The number of pyridine rings is 1. The Bertz CT molecular complexity index is 2150. The number of rotatable bonds is 10. The lowest BCUT2D eigenvalue weighted by Gasteiger charge is -2.22. The highest BCUT2D eigenvalue weighted by atomic mass is 79.9. The van der Waals surface area contributed by atoms with Crippen molar-refractivity contribution < 1.29 is 9.13 Å². The Morgan fingerprint density at radius 1 is 1.02 bits per heavy atom. The van der Waals surface area contributed by atoms with Gasteiger partial charge in [-0.15, -0.1) is 0 Å². The van der Waals surface area contributed by atoms with E-state index in [1.54, 1.807) is 25.5 Å². The highest BCUT2D eigenvalue weighted by Crippen LogP contribution is 2.37. The van der Waals surface area contributed by atoms with E-state index in [1.807, 2.05) is 59.5 Å². The molecule has 7 N–H and O–H groups in total. The van der Waals surface area contributed by atoms with Crippen LogP contribution in [0.15, 0.2) is 90.1 Å². The molecule has 6 aromatic rings. The van der Waals surface area contributed by atoms with Gasteiger partial charge in [-0.2, -0.15) is 5.10 Å². The number of piperidine rings is 1. The zero-order valence-corrected chi connectivity index (χ0v) is 31.4. The summed E-state index contributed by atoms with van der Waals surface area (Å²) in [6.45, 7) is 5.03. The summed E-state index contributed by atoms with van der Waals surface area (Å²) in [7, 11) is 0. The predicted octanol–water partition coefficient (Wildman–Crippen LogP) is 8.54. The molecule has 52 heavy (non-hydrogen) atoms. The molecule has 1 aliphatic rings. The molecule has 4 heterocycles. The Labute approximate surface area is 319 Å². The molecule has 1 atom stereocenters. The molecule has 3 aromatic carbocycles. The molecule has 270 valence electrons. The number of fused-ring (bicyclic) bond motifs is 1. The Balaban J connectivity index is 0.000000187. The molecule has 1 fully saturated rings. The normalized spacial score (nSPS) is 13.7. The average molecular weight is 809 g/mol. The van der Waals surface area contributed by atoms with Crippen LogP contribution in [-0.2, 0) is 0 Å². The number of benzene rings is 3. The SMILES string of the molecule is C[C@@H](Oc1cc(-c2cnn(C3CCNCC3)c2)cnc1N)c1c(Cl)ccc(F)c1Cl.NCCNc1ccc2ncnc(Nc3cccc(Br)c3)c2c1. The number of aromatic nitrogens is 5. The summed E-state index contributed by atoms with van der Waals surface area (Å²) in [6.07, 6.45) is 8.52. The van der Waals surface area contributed by atoms with Gasteiger partial charge in [-0.25, -0.2) is 19.3 Å². The van der Waals surface area contributed by atoms with E-state index < -0.39 is 11.9 Å². The van der Waals surface area contributed by atoms with Crippen LogP contribution in [0.25, 0.3) is 22.0 Å². The van der Waals surface area contributed by atoms with Crippen molar-refractivity contribution in [2.45, 2.75) is 31.9 Å². The third-order valence-corrected chi connectivity index (χ3v) is 9.69. The first-order valence-electron chi connectivity index (χ1n) is 16.7. The summed E-state index contributed by atoms with van der Waals surface area (Å²) >= 11 is 15.8. The first-order chi connectivity index (χ1) is 25.2. The van der Waals surface area contributed by atoms with Crippen molar-refractivity contribution >= 4 is 73.0 Å². The van der Waals surface area contributed by atoms with E-state index in [4.69, 9.17) is 39.4 Å². The third-order valence-electron chi connectivity index (χ3n) is 8.49. The van der Waals surface area contributed by atoms with E-state index in [1.165, 1.54) is 12.1 Å². The standard InChI is InChI=1S/C21H22Cl2FN5O.C16H16BrN5/c1-12(19-16(22)2-3-17(24)20(19)23)30-18-8-13(9-27-21(18)25)14-10-28-29(11-14)15-4-6-26-7-5-15;17-11-2-1-3-13(8-11)22-16-14-9-12(19-7-6-18)4-5-15(14)20-10-21-16/h2-3,8-12,15,26H,4-7H2,1H3,(H2,25,27);1-5,8-10,19H,6-7,18H2,(H,20,21,22)/t12-;/m1./s1. The smallest absolute Gasteiger partial charge is 0.166 e. The van der Waals surface area contributed by atoms with Gasteiger partial charge in [-0.3, -0.25) is 4.68 Å². The highest BCUT2D eigenvalue weighted by Gasteiger charge is 2.21. The molecule has 11 nitrogen and oxygen atoms in total. The van der Waals surface area contributed by atoms with Gasteiger partial charge in [0.2, 0.25) is 0 Å². The summed E-state index contributed by atoms with van der Waals surface area (Å²) < 4.78 is 22.9. The summed E-state index contributed by atoms with van der Waals surface area (Å²) in [5, 5.41) is 15.7. The maximum absolute atomic E-state index is 13.9. The second kappa shape index (κ2) is 17.3. The summed E-state index contributed by atoms with van der Waals surface area (Å²) in [6, 6.07) is 18.8. The Kier molecular flexibility index (Phi) is 12.4. The topological polar surface area (TPSA) is 154 Å². The molecule has 15 heteroatoms. The number of hydrogen-bond donors (Lipinski definition) is 5. The molecule has 0 spiro atoms. The van der Waals surface area contributed by atoms with E-state index in [-0.39, 0.29) is 10.8 Å². The van der Waals surface area contributed by atoms with Crippen LogP contribution in [0.5, 0.6) is 5.75 Å². The lowest BCUT2D eigenvalue weighted by atomic mass is 10.1. The van der Waals surface area contributed by atoms with Gasteiger partial charge in [-0.1, -0.05) is 45.2 Å². The van der Waals surface area contributed by atoms with E-state index >= 15 is 0 Å². The fourth-order valence-corrected chi connectivity index (χ4v) is 6.89. The summed E-state index contributed by atoms with van der Waals surface area (Å²) in [5.74, 6) is 0.808. The molecule has 1 aliphatic heterocycles. The van der Waals surface area contributed by atoms with Crippen LogP contribution in [0.2, 0.25) is 10.0 Å². The number of anilines is 4. The van der Waals surface area contributed by atoms with Gasteiger partial charge in [0.05, 0.1) is 22.8 Å². The van der Waals surface area contributed by atoms with E-state index in [9.17, 15) is 4.39 Å². The van der Waals surface area contributed by atoms with Gasteiger partial charge in [0.15, 0.2) is 11.6 Å². The lowest BCUT2D eigenvalue weighted by Crippen LogP contribution is -2.29. The number of halogens is 4. The maximum Gasteiger partial charge on any atom is 0.166 e. The summed E-state index contributed by atoms with van der Waals surface area (Å²) in [5.41, 5.74) is 16.5. The second-order valence-corrected chi connectivity index (χ2v) is 13.8. The highest BCUT2D eigenvalue weighted by molar-refractivity contribution is 9.10. The third kappa shape index (κ3) is 9.09. The zero-order chi connectivity index (χ0) is 36.6. The lowest BCUT2D eigenvalue weighted by molar-refractivity contribution is 0.227. The maximum atomic E-state index is 13.9. The molecule has 0 saturated carbocycles.